The number of amides is 1. The number of nitrogens with zero attached hydrogens (tertiary/aromatic N) is 2. The van der Waals surface area contributed by atoms with Crippen molar-refractivity contribution >= 4 is 34.8 Å². The third-order valence-electron chi connectivity index (χ3n) is 5.67. The van der Waals surface area contributed by atoms with Crippen molar-refractivity contribution in [3.63, 3.8) is 0 Å². The quantitative estimate of drug-likeness (QED) is 0.380. The van der Waals surface area contributed by atoms with Gasteiger partial charge in [0.1, 0.15) is 17.6 Å². The number of carbonyl (C=O) groups excluding carboxylic acids is 3. The van der Waals surface area contributed by atoms with Crippen LogP contribution in [0.3, 0.4) is 0 Å². The number of hydrogen-bond donors (Lipinski definition) is 1. The number of carbonyl (C=O) groups is 3. The van der Waals surface area contributed by atoms with Crippen molar-refractivity contribution in [1.29, 1.82) is 5.26 Å². The molecule has 0 radical (unpaired) electrons. The largest absolute Gasteiger partial charge is 0.342 e. The Morgan fingerprint density at radius 2 is 1.94 bits per heavy atom. The predicted octanol–water partition coefficient (Wildman–Crippen LogP) is 4.44. The highest BCUT2D eigenvalue weighted by Crippen LogP contribution is 2.53. The van der Waals surface area contributed by atoms with Crippen molar-refractivity contribution in [2.75, 3.05) is 5.32 Å². The topological polar surface area (TPSA) is 92.0 Å². The zero-order valence-corrected chi connectivity index (χ0v) is 18.3. The fraction of sp³-hybridized carbons (Fsp3) is 0.304. The molecule has 0 saturated heterocycles. The third kappa shape index (κ3) is 4.37. The van der Waals surface area contributed by atoms with Gasteiger partial charge in [-0.25, -0.2) is 13.2 Å². The first-order valence-corrected chi connectivity index (χ1v) is 10.0. The predicted molar refractivity (Wildman–Crippen MR) is 114 cm³/mol. The monoisotopic (exact) mass is 475 g/mol. The first-order valence-electron chi connectivity index (χ1n) is 9.63. The van der Waals surface area contributed by atoms with Gasteiger partial charge in [-0.15, -0.1) is 6.42 Å². The lowest BCUT2D eigenvalue weighted by Crippen LogP contribution is -2.47. The summed E-state index contributed by atoms with van der Waals surface area (Å²) in [7, 11) is 1.44. The molecular weight excluding hydrogens is 459 g/mol. The second kappa shape index (κ2) is 8.42. The molecule has 1 aliphatic carbocycles. The molecule has 170 valence electrons. The van der Waals surface area contributed by atoms with Gasteiger partial charge in [0.2, 0.25) is 11.6 Å². The van der Waals surface area contributed by atoms with E-state index in [0.717, 1.165) is 12.1 Å². The van der Waals surface area contributed by atoms with Crippen LogP contribution in [0.5, 0.6) is 0 Å². The van der Waals surface area contributed by atoms with Crippen LogP contribution in [0.4, 0.5) is 18.9 Å². The number of hydrogen-bond acceptors (Lipinski definition) is 4. The van der Waals surface area contributed by atoms with E-state index in [1.165, 1.54) is 24.6 Å². The van der Waals surface area contributed by atoms with Gasteiger partial charge < -0.3 is 9.88 Å². The lowest BCUT2D eigenvalue weighted by Gasteiger charge is -2.43. The van der Waals surface area contributed by atoms with E-state index in [0.29, 0.717) is 0 Å². The van der Waals surface area contributed by atoms with Crippen LogP contribution in [-0.4, -0.2) is 28.0 Å². The highest BCUT2D eigenvalue weighted by molar-refractivity contribution is 6.49. The molecule has 0 aliphatic heterocycles. The van der Waals surface area contributed by atoms with Crippen molar-refractivity contribution in [3.8, 4) is 18.4 Å². The SMILES string of the molecule is C#CC1(CC(=O)C(=O)c2c(Cl)c(C(=O)Nc3ccc(F)c(C#N)c3)n(C)c2C)CC(F)(F)C1. The molecule has 1 aromatic carbocycles. The molecule has 0 atom stereocenters. The van der Waals surface area contributed by atoms with E-state index in [4.69, 9.17) is 23.3 Å². The highest BCUT2D eigenvalue weighted by atomic mass is 35.5. The molecule has 1 aromatic heterocycles. The Bertz CT molecular complexity index is 1280. The van der Waals surface area contributed by atoms with E-state index < -0.39 is 53.9 Å². The molecule has 1 aliphatic rings. The van der Waals surface area contributed by atoms with Crippen molar-refractivity contribution in [1.82, 2.24) is 4.57 Å². The summed E-state index contributed by atoms with van der Waals surface area (Å²) in [6.07, 6.45) is 3.40. The molecule has 3 rings (SSSR count). The maximum absolute atomic E-state index is 13.5. The lowest BCUT2D eigenvalue weighted by molar-refractivity contribution is -0.146. The fourth-order valence-corrected chi connectivity index (χ4v) is 4.33. The molecule has 1 N–H and O–H groups in total. The summed E-state index contributed by atoms with van der Waals surface area (Å²) < 4.78 is 41.4. The summed E-state index contributed by atoms with van der Waals surface area (Å²) in [6.45, 7) is 1.46. The Morgan fingerprint density at radius 1 is 1.30 bits per heavy atom. The van der Waals surface area contributed by atoms with Crippen LogP contribution in [0.2, 0.25) is 5.02 Å². The molecular formula is C23H17ClF3N3O3. The van der Waals surface area contributed by atoms with Gasteiger partial charge in [-0.05, 0) is 25.1 Å². The maximum atomic E-state index is 13.5. The first kappa shape index (κ1) is 24.1. The van der Waals surface area contributed by atoms with E-state index in [1.54, 1.807) is 6.07 Å². The molecule has 6 nitrogen and oxygen atoms in total. The Hall–Kier alpha value is -3.56. The minimum Gasteiger partial charge on any atom is -0.342 e. The number of halogens is 4. The number of nitriles is 1. The summed E-state index contributed by atoms with van der Waals surface area (Å²) in [5.74, 6) is -4.32. The summed E-state index contributed by atoms with van der Waals surface area (Å²) >= 11 is 6.29. The number of terminal acetylenes is 1. The zero-order chi connectivity index (χ0) is 24.7. The van der Waals surface area contributed by atoms with Crippen LogP contribution in [0.1, 0.15) is 51.4 Å². The molecule has 1 fully saturated rings. The minimum atomic E-state index is -2.98. The van der Waals surface area contributed by atoms with Crippen molar-refractivity contribution in [2.45, 2.75) is 32.1 Å². The first-order chi connectivity index (χ1) is 15.3. The van der Waals surface area contributed by atoms with E-state index in [-0.39, 0.29) is 33.2 Å². The number of Topliss-reactive ketones (excluding diaryl/α,β-unsaturated/α-hetero) is 2. The van der Waals surface area contributed by atoms with Crippen LogP contribution < -0.4 is 5.32 Å². The summed E-state index contributed by atoms with van der Waals surface area (Å²) in [5, 5.41) is 11.1. The lowest BCUT2D eigenvalue weighted by atomic mass is 9.63. The van der Waals surface area contributed by atoms with Crippen LogP contribution in [0, 0.1) is 41.8 Å². The average Bonchev–Trinajstić information content (AvgIpc) is 2.95. The van der Waals surface area contributed by atoms with Gasteiger partial charge in [0, 0.05) is 43.1 Å². The maximum Gasteiger partial charge on any atom is 0.273 e. The summed E-state index contributed by atoms with van der Waals surface area (Å²) in [6, 6.07) is 5.02. The van der Waals surface area contributed by atoms with E-state index in [9.17, 15) is 27.6 Å². The third-order valence-corrected chi connectivity index (χ3v) is 6.03. The average molecular weight is 476 g/mol. The number of nitrogens with one attached hydrogen (secondary N) is 1. The molecule has 1 saturated carbocycles. The highest BCUT2D eigenvalue weighted by Gasteiger charge is 2.56. The number of alkyl halides is 2. The minimum absolute atomic E-state index is 0.110. The summed E-state index contributed by atoms with van der Waals surface area (Å²) in [5.41, 5.74) is -1.76. The smallest absolute Gasteiger partial charge is 0.273 e. The Morgan fingerprint density at radius 3 is 2.48 bits per heavy atom. The number of aromatic nitrogens is 1. The number of rotatable bonds is 6. The van der Waals surface area contributed by atoms with E-state index >= 15 is 0 Å². The number of anilines is 1. The van der Waals surface area contributed by atoms with Crippen LogP contribution in [0.25, 0.3) is 0 Å². The second-order valence-corrected chi connectivity index (χ2v) is 8.38. The van der Waals surface area contributed by atoms with Gasteiger partial charge in [0.15, 0.2) is 0 Å². The second-order valence-electron chi connectivity index (χ2n) is 8.01. The van der Waals surface area contributed by atoms with Crippen LogP contribution in [0.15, 0.2) is 18.2 Å². The zero-order valence-electron chi connectivity index (χ0n) is 17.6. The molecule has 0 bridgehead atoms. The van der Waals surface area contributed by atoms with Gasteiger partial charge in [-0.3, -0.25) is 14.4 Å². The molecule has 1 amide bonds. The molecule has 10 heteroatoms. The number of benzene rings is 1. The van der Waals surface area contributed by atoms with Gasteiger partial charge >= 0.3 is 0 Å². The molecule has 0 unspecified atom stereocenters. The molecule has 1 heterocycles. The molecule has 33 heavy (non-hydrogen) atoms. The van der Waals surface area contributed by atoms with Crippen LogP contribution >= 0.6 is 11.6 Å². The van der Waals surface area contributed by atoms with Gasteiger partial charge in [0.05, 0.1) is 16.1 Å². The van der Waals surface area contributed by atoms with E-state index in [2.05, 4.69) is 11.2 Å². The van der Waals surface area contributed by atoms with E-state index in [1.807, 2.05) is 0 Å². The van der Waals surface area contributed by atoms with Crippen molar-refractivity contribution in [3.05, 3.63) is 51.6 Å². The van der Waals surface area contributed by atoms with Crippen molar-refractivity contribution in [2.24, 2.45) is 12.5 Å². The van der Waals surface area contributed by atoms with Crippen LogP contribution in [-0.2, 0) is 11.8 Å². The van der Waals surface area contributed by atoms with Gasteiger partial charge in [0.25, 0.3) is 11.8 Å². The van der Waals surface area contributed by atoms with Gasteiger partial charge in [-0.2, -0.15) is 5.26 Å². The molecule has 0 spiro atoms. The summed E-state index contributed by atoms with van der Waals surface area (Å²) in [4.78, 5) is 38.2. The normalized spacial score (nSPS) is 15.6. The van der Waals surface area contributed by atoms with Crippen molar-refractivity contribution < 1.29 is 27.6 Å². The Kier molecular flexibility index (Phi) is 6.14. The van der Waals surface area contributed by atoms with Gasteiger partial charge in [-0.1, -0.05) is 17.5 Å². The fourth-order valence-electron chi connectivity index (χ4n) is 3.90. The number of ketones is 2. The Labute approximate surface area is 192 Å². The Balaban J connectivity index is 1.87. The standard InChI is InChI=1S/C23H17ClF3N3O3/c1-4-22(10-23(26,27)11-22)8-16(31)20(32)17-12(2)30(3)19(18(17)24)21(33)29-14-5-6-15(25)13(7-14)9-28/h1,5-7H,8,10-11H2,2-3H3,(H,29,33). The molecule has 2 aromatic rings.